The van der Waals surface area contributed by atoms with Crippen LogP contribution in [0, 0.1) is 5.92 Å². The first-order valence-corrected chi connectivity index (χ1v) is 6.78. The van der Waals surface area contributed by atoms with Gasteiger partial charge in [0.05, 0.1) is 11.1 Å². The molecule has 2 N–H and O–H groups in total. The van der Waals surface area contributed by atoms with Crippen molar-refractivity contribution in [3.63, 3.8) is 0 Å². The Labute approximate surface area is 110 Å². The van der Waals surface area contributed by atoms with Crippen molar-refractivity contribution in [1.29, 1.82) is 0 Å². The molecule has 0 aliphatic carbocycles. The quantitative estimate of drug-likeness (QED) is 0.930. The van der Waals surface area contributed by atoms with Crippen molar-refractivity contribution < 1.29 is 9.47 Å². The summed E-state index contributed by atoms with van der Waals surface area (Å²) < 4.78 is 12.2. The van der Waals surface area contributed by atoms with Gasteiger partial charge >= 0.3 is 0 Å². The summed E-state index contributed by atoms with van der Waals surface area (Å²) in [5, 5.41) is 0. The van der Waals surface area contributed by atoms with Crippen LogP contribution in [-0.4, -0.2) is 19.8 Å². The lowest BCUT2D eigenvalue weighted by Crippen LogP contribution is -2.22. The molecule has 0 saturated carbocycles. The molecule has 17 heavy (non-hydrogen) atoms. The van der Waals surface area contributed by atoms with Gasteiger partial charge in [0.2, 0.25) is 0 Å². The van der Waals surface area contributed by atoms with Crippen molar-refractivity contribution in [1.82, 2.24) is 0 Å². The largest absolute Gasteiger partial charge is 0.492 e. The van der Waals surface area contributed by atoms with Crippen LogP contribution < -0.4 is 10.5 Å². The smallest absolute Gasteiger partial charge is 0.137 e. The third kappa shape index (κ3) is 3.44. The van der Waals surface area contributed by atoms with Crippen LogP contribution in [0.1, 0.15) is 18.4 Å². The predicted octanol–water partition coefficient (Wildman–Crippen LogP) is 2.71. The highest BCUT2D eigenvalue weighted by atomic mass is 79.9. The zero-order chi connectivity index (χ0) is 12.1. The summed E-state index contributed by atoms with van der Waals surface area (Å²) in [6.07, 6.45) is 2.17. The number of hydrogen-bond donors (Lipinski definition) is 1. The SMILES string of the molecule is NCc1cccc(Br)c1OCC1CCOCC1. The van der Waals surface area contributed by atoms with Crippen LogP contribution in [0.25, 0.3) is 0 Å². The standard InChI is InChI=1S/C13H18BrNO2/c14-12-3-1-2-11(8-15)13(12)17-9-10-4-6-16-7-5-10/h1-3,10H,4-9,15H2. The van der Waals surface area contributed by atoms with E-state index in [1.54, 1.807) is 0 Å². The maximum Gasteiger partial charge on any atom is 0.137 e. The molecule has 0 bridgehead atoms. The summed E-state index contributed by atoms with van der Waals surface area (Å²) in [4.78, 5) is 0. The normalized spacial score (nSPS) is 17.1. The predicted molar refractivity (Wildman–Crippen MR) is 71.1 cm³/mol. The molecular weight excluding hydrogens is 282 g/mol. The minimum atomic E-state index is 0.503. The Hall–Kier alpha value is -0.580. The molecular formula is C13H18BrNO2. The van der Waals surface area contributed by atoms with E-state index in [1.165, 1.54) is 0 Å². The van der Waals surface area contributed by atoms with Crippen molar-refractivity contribution in [2.24, 2.45) is 11.7 Å². The first kappa shape index (κ1) is 12.9. The van der Waals surface area contributed by atoms with Crippen LogP contribution in [0.5, 0.6) is 5.75 Å². The van der Waals surface area contributed by atoms with E-state index in [1.807, 2.05) is 18.2 Å². The van der Waals surface area contributed by atoms with Gasteiger partial charge in [-0.25, -0.2) is 0 Å². The Morgan fingerprint density at radius 2 is 2.12 bits per heavy atom. The fourth-order valence-electron chi connectivity index (χ4n) is 1.99. The zero-order valence-electron chi connectivity index (χ0n) is 9.82. The van der Waals surface area contributed by atoms with Crippen LogP contribution in [-0.2, 0) is 11.3 Å². The van der Waals surface area contributed by atoms with Crippen molar-refractivity contribution in [3.05, 3.63) is 28.2 Å². The first-order valence-electron chi connectivity index (χ1n) is 5.99. The molecule has 1 heterocycles. The third-order valence-electron chi connectivity index (χ3n) is 3.07. The molecule has 0 radical (unpaired) electrons. The summed E-state index contributed by atoms with van der Waals surface area (Å²) in [6.45, 7) is 2.96. The van der Waals surface area contributed by atoms with Gasteiger partial charge in [-0.2, -0.15) is 0 Å². The molecule has 0 unspecified atom stereocenters. The van der Waals surface area contributed by atoms with Crippen LogP contribution in [0.3, 0.4) is 0 Å². The highest BCUT2D eigenvalue weighted by Crippen LogP contribution is 2.30. The molecule has 3 nitrogen and oxygen atoms in total. The fraction of sp³-hybridized carbons (Fsp3) is 0.538. The number of rotatable bonds is 4. The number of hydrogen-bond acceptors (Lipinski definition) is 3. The van der Waals surface area contributed by atoms with Crippen LogP contribution in [0.4, 0.5) is 0 Å². The van der Waals surface area contributed by atoms with Crippen LogP contribution in [0.15, 0.2) is 22.7 Å². The molecule has 1 aromatic rings. The second-order valence-corrected chi connectivity index (χ2v) is 5.15. The minimum Gasteiger partial charge on any atom is -0.492 e. The molecule has 94 valence electrons. The summed E-state index contributed by atoms with van der Waals surface area (Å²) in [5.41, 5.74) is 6.76. The Kier molecular flexibility index (Phi) is 4.83. The Morgan fingerprint density at radius 3 is 2.82 bits per heavy atom. The average molecular weight is 300 g/mol. The summed E-state index contributed by atoms with van der Waals surface area (Å²) in [6, 6.07) is 5.97. The number of ether oxygens (including phenoxy) is 2. The van der Waals surface area contributed by atoms with Gasteiger partial charge in [-0.3, -0.25) is 0 Å². The van der Waals surface area contributed by atoms with E-state index >= 15 is 0 Å². The van der Waals surface area contributed by atoms with E-state index in [4.69, 9.17) is 15.2 Å². The number of nitrogens with two attached hydrogens (primary N) is 1. The summed E-state index contributed by atoms with van der Waals surface area (Å²) in [5.74, 6) is 1.49. The van der Waals surface area contributed by atoms with E-state index < -0.39 is 0 Å². The van der Waals surface area contributed by atoms with Crippen LogP contribution >= 0.6 is 15.9 Å². The molecule has 1 aliphatic rings. The highest BCUT2D eigenvalue weighted by molar-refractivity contribution is 9.10. The molecule has 1 saturated heterocycles. The third-order valence-corrected chi connectivity index (χ3v) is 3.70. The minimum absolute atomic E-state index is 0.503. The maximum absolute atomic E-state index is 5.92. The maximum atomic E-state index is 5.92. The second-order valence-electron chi connectivity index (χ2n) is 4.30. The van der Waals surface area contributed by atoms with E-state index in [9.17, 15) is 0 Å². The van der Waals surface area contributed by atoms with Gasteiger partial charge in [0, 0.05) is 25.3 Å². The molecule has 4 heteroatoms. The lowest BCUT2D eigenvalue weighted by molar-refractivity contribution is 0.0495. The molecule has 0 spiro atoms. The number of para-hydroxylation sites is 1. The lowest BCUT2D eigenvalue weighted by Gasteiger charge is -2.23. The van der Waals surface area contributed by atoms with Gasteiger partial charge in [-0.15, -0.1) is 0 Å². The van der Waals surface area contributed by atoms with Gasteiger partial charge in [0.25, 0.3) is 0 Å². The van der Waals surface area contributed by atoms with E-state index in [0.717, 1.165) is 48.4 Å². The molecule has 1 aliphatic heterocycles. The highest BCUT2D eigenvalue weighted by Gasteiger charge is 2.16. The van der Waals surface area contributed by atoms with Gasteiger partial charge in [0.15, 0.2) is 0 Å². The molecule has 0 amide bonds. The molecule has 0 atom stereocenters. The first-order chi connectivity index (χ1) is 8.31. The zero-order valence-corrected chi connectivity index (χ0v) is 11.4. The summed E-state index contributed by atoms with van der Waals surface area (Å²) >= 11 is 3.51. The Morgan fingerprint density at radius 1 is 1.35 bits per heavy atom. The lowest BCUT2D eigenvalue weighted by atomic mass is 10.0. The Bertz CT molecular complexity index is 364. The molecule has 2 rings (SSSR count). The number of halogens is 1. The van der Waals surface area contributed by atoms with Gasteiger partial charge < -0.3 is 15.2 Å². The fourth-order valence-corrected chi connectivity index (χ4v) is 2.51. The second kappa shape index (κ2) is 6.38. The average Bonchev–Trinajstić information content (AvgIpc) is 2.38. The summed E-state index contributed by atoms with van der Waals surface area (Å²) in [7, 11) is 0. The van der Waals surface area contributed by atoms with Gasteiger partial charge in [-0.1, -0.05) is 12.1 Å². The molecule has 0 aromatic heterocycles. The van der Waals surface area contributed by atoms with Crippen molar-refractivity contribution in [2.75, 3.05) is 19.8 Å². The topological polar surface area (TPSA) is 44.5 Å². The molecule has 1 fully saturated rings. The number of benzene rings is 1. The van der Waals surface area contributed by atoms with E-state index in [0.29, 0.717) is 12.5 Å². The van der Waals surface area contributed by atoms with Crippen LogP contribution in [0.2, 0.25) is 0 Å². The van der Waals surface area contributed by atoms with E-state index in [-0.39, 0.29) is 0 Å². The van der Waals surface area contributed by atoms with Gasteiger partial charge in [0.1, 0.15) is 5.75 Å². The van der Waals surface area contributed by atoms with Crippen molar-refractivity contribution in [3.8, 4) is 5.75 Å². The van der Waals surface area contributed by atoms with Crippen molar-refractivity contribution >= 4 is 15.9 Å². The monoisotopic (exact) mass is 299 g/mol. The molecule has 1 aromatic carbocycles. The van der Waals surface area contributed by atoms with Gasteiger partial charge in [-0.05, 0) is 40.8 Å². The van der Waals surface area contributed by atoms with Crippen molar-refractivity contribution in [2.45, 2.75) is 19.4 Å². The van der Waals surface area contributed by atoms with E-state index in [2.05, 4.69) is 15.9 Å². The Balaban J connectivity index is 1.97.